The fourth-order valence-corrected chi connectivity index (χ4v) is 2.65. The number of rotatable bonds is 2. The highest BCUT2D eigenvalue weighted by molar-refractivity contribution is 9.10. The zero-order chi connectivity index (χ0) is 16.6. The maximum Gasteiger partial charge on any atom is 0.223 e. The van der Waals surface area contributed by atoms with Crippen molar-refractivity contribution in [1.29, 1.82) is 0 Å². The van der Waals surface area contributed by atoms with E-state index in [4.69, 9.17) is 0 Å². The molecule has 0 amide bonds. The van der Waals surface area contributed by atoms with E-state index in [9.17, 15) is 17.6 Å². The van der Waals surface area contributed by atoms with Gasteiger partial charge in [-0.05, 0) is 53.6 Å². The van der Waals surface area contributed by atoms with Crippen LogP contribution in [0.5, 0.6) is 0 Å². The van der Waals surface area contributed by atoms with Crippen LogP contribution < -0.4 is 0 Å². The predicted octanol–water partition coefficient (Wildman–Crippen LogP) is 5.13. The van der Waals surface area contributed by atoms with E-state index in [1.807, 2.05) is 0 Å². The normalized spacial score (nSPS) is 10.8. The van der Waals surface area contributed by atoms with E-state index in [0.717, 1.165) is 12.1 Å². The summed E-state index contributed by atoms with van der Waals surface area (Å²) in [5.41, 5.74) is 0.847. The standard InChI is InChI=1S/C16H7BrF4N2/c17-10-6-8(11-1-3-13(18)22-15(11)20)5-9(7-10)12-2-4-14(19)23-16(12)21/h1-7H. The molecule has 2 aromatic heterocycles. The molecule has 0 unspecified atom stereocenters. The molecule has 0 N–H and O–H groups in total. The lowest BCUT2D eigenvalue weighted by atomic mass is 10.0. The maximum absolute atomic E-state index is 13.8. The Labute approximate surface area is 137 Å². The second-order valence-corrected chi connectivity index (χ2v) is 5.59. The number of pyridine rings is 2. The van der Waals surface area contributed by atoms with Crippen LogP contribution in [0.3, 0.4) is 0 Å². The molecule has 2 nitrogen and oxygen atoms in total. The highest BCUT2D eigenvalue weighted by atomic mass is 79.9. The number of benzene rings is 1. The molecule has 3 aromatic rings. The first kappa shape index (κ1) is 15.6. The molecule has 3 rings (SSSR count). The zero-order valence-electron chi connectivity index (χ0n) is 11.3. The summed E-state index contributed by atoms with van der Waals surface area (Å²) in [5.74, 6) is -3.83. The topological polar surface area (TPSA) is 25.8 Å². The summed E-state index contributed by atoms with van der Waals surface area (Å²) in [7, 11) is 0. The lowest BCUT2D eigenvalue weighted by Crippen LogP contribution is -1.95. The van der Waals surface area contributed by atoms with Crippen molar-refractivity contribution < 1.29 is 17.6 Å². The van der Waals surface area contributed by atoms with E-state index in [1.165, 1.54) is 18.2 Å². The molecule has 0 fully saturated rings. The Morgan fingerprint density at radius 2 is 1.09 bits per heavy atom. The van der Waals surface area contributed by atoms with Crippen molar-refractivity contribution in [2.24, 2.45) is 0 Å². The van der Waals surface area contributed by atoms with Crippen LogP contribution in [-0.4, -0.2) is 9.97 Å². The van der Waals surface area contributed by atoms with Crippen molar-refractivity contribution in [2.45, 2.75) is 0 Å². The predicted molar refractivity (Wildman–Crippen MR) is 80.4 cm³/mol. The molecule has 0 radical (unpaired) electrons. The van der Waals surface area contributed by atoms with Gasteiger partial charge in [0.25, 0.3) is 0 Å². The van der Waals surface area contributed by atoms with Crippen LogP contribution in [0.15, 0.2) is 46.9 Å². The Bertz CT molecular complexity index is 829. The van der Waals surface area contributed by atoms with E-state index in [2.05, 4.69) is 25.9 Å². The minimum Gasteiger partial charge on any atom is -0.190 e. The third-order valence-electron chi connectivity index (χ3n) is 3.15. The van der Waals surface area contributed by atoms with Crippen LogP contribution in [0.1, 0.15) is 0 Å². The first-order valence-corrected chi connectivity index (χ1v) is 7.19. The highest BCUT2D eigenvalue weighted by Crippen LogP contribution is 2.32. The molecule has 23 heavy (non-hydrogen) atoms. The maximum atomic E-state index is 13.8. The molecule has 1 aromatic carbocycles. The number of aromatic nitrogens is 2. The smallest absolute Gasteiger partial charge is 0.190 e. The molecule has 0 spiro atoms. The van der Waals surface area contributed by atoms with Crippen molar-refractivity contribution in [3.05, 3.63) is 70.7 Å². The Morgan fingerprint density at radius 1 is 0.652 bits per heavy atom. The number of halogens is 5. The SMILES string of the molecule is Fc1ccc(-c2cc(Br)cc(-c3ccc(F)nc3F)c2)c(F)n1. The molecule has 0 saturated heterocycles. The lowest BCUT2D eigenvalue weighted by Gasteiger charge is -2.09. The van der Waals surface area contributed by atoms with E-state index >= 15 is 0 Å². The van der Waals surface area contributed by atoms with E-state index in [-0.39, 0.29) is 11.1 Å². The largest absolute Gasteiger partial charge is 0.223 e. The van der Waals surface area contributed by atoms with Gasteiger partial charge in [-0.2, -0.15) is 27.5 Å². The van der Waals surface area contributed by atoms with Crippen molar-refractivity contribution in [3.8, 4) is 22.3 Å². The Kier molecular flexibility index (Phi) is 4.12. The average Bonchev–Trinajstić information content (AvgIpc) is 2.46. The fourth-order valence-electron chi connectivity index (χ4n) is 2.16. The van der Waals surface area contributed by atoms with Crippen molar-refractivity contribution >= 4 is 15.9 Å². The van der Waals surface area contributed by atoms with Gasteiger partial charge in [-0.25, -0.2) is 0 Å². The fraction of sp³-hybridized carbons (Fsp3) is 0. The summed E-state index contributed by atoms with van der Waals surface area (Å²) in [6.45, 7) is 0. The van der Waals surface area contributed by atoms with Crippen LogP contribution in [0.2, 0.25) is 0 Å². The van der Waals surface area contributed by atoms with Gasteiger partial charge in [0.1, 0.15) is 0 Å². The monoisotopic (exact) mass is 382 g/mol. The summed E-state index contributed by atoms with van der Waals surface area (Å²) < 4.78 is 54.1. The molecule has 7 heteroatoms. The second-order valence-electron chi connectivity index (χ2n) is 4.67. The van der Waals surface area contributed by atoms with Crippen molar-refractivity contribution in [3.63, 3.8) is 0 Å². The van der Waals surface area contributed by atoms with Crippen LogP contribution in [0.25, 0.3) is 22.3 Å². The minimum absolute atomic E-state index is 0.0597. The van der Waals surface area contributed by atoms with Gasteiger partial charge in [0, 0.05) is 15.6 Å². The van der Waals surface area contributed by atoms with Crippen LogP contribution in [-0.2, 0) is 0 Å². The molecule has 0 atom stereocenters. The third-order valence-corrected chi connectivity index (χ3v) is 3.61. The van der Waals surface area contributed by atoms with Gasteiger partial charge in [0.15, 0.2) is 0 Å². The number of hydrogen-bond donors (Lipinski definition) is 0. The summed E-state index contributed by atoms with van der Waals surface area (Å²) in [4.78, 5) is 6.25. The van der Waals surface area contributed by atoms with E-state index in [0.29, 0.717) is 15.6 Å². The summed E-state index contributed by atoms with van der Waals surface area (Å²) in [6, 6.07) is 9.18. The zero-order valence-corrected chi connectivity index (χ0v) is 12.9. The van der Waals surface area contributed by atoms with Crippen LogP contribution in [0.4, 0.5) is 17.6 Å². The van der Waals surface area contributed by atoms with Gasteiger partial charge in [-0.3, -0.25) is 0 Å². The molecular weight excluding hydrogens is 376 g/mol. The van der Waals surface area contributed by atoms with Gasteiger partial charge in [0.05, 0.1) is 0 Å². The molecule has 116 valence electrons. The van der Waals surface area contributed by atoms with E-state index < -0.39 is 23.8 Å². The molecule has 0 aliphatic carbocycles. The Hall–Kier alpha value is -2.28. The quantitative estimate of drug-likeness (QED) is 0.453. The van der Waals surface area contributed by atoms with Gasteiger partial charge in [0.2, 0.25) is 23.8 Å². The summed E-state index contributed by atoms with van der Waals surface area (Å²) in [5, 5.41) is 0. The first-order valence-electron chi connectivity index (χ1n) is 6.39. The van der Waals surface area contributed by atoms with Gasteiger partial charge >= 0.3 is 0 Å². The molecule has 0 aliphatic rings. The van der Waals surface area contributed by atoms with Gasteiger partial charge in [-0.15, -0.1) is 0 Å². The van der Waals surface area contributed by atoms with Crippen molar-refractivity contribution in [2.75, 3.05) is 0 Å². The number of hydrogen-bond acceptors (Lipinski definition) is 2. The highest BCUT2D eigenvalue weighted by Gasteiger charge is 2.13. The Morgan fingerprint density at radius 3 is 1.48 bits per heavy atom. The molecular formula is C16H7BrF4N2. The lowest BCUT2D eigenvalue weighted by molar-refractivity contribution is 0.515. The summed E-state index contributed by atoms with van der Waals surface area (Å²) >= 11 is 3.25. The second kappa shape index (κ2) is 6.08. The molecule has 2 heterocycles. The Balaban J connectivity index is 2.16. The van der Waals surface area contributed by atoms with Crippen LogP contribution >= 0.6 is 15.9 Å². The van der Waals surface area contributed by atoms with E-state index in [1.54, 1.807) is 12.1 Å². The van der Waals surface area contributed by atoms with Gasteiger partial charge in [-0.1, -0.05) is 15.9 Å². The third kappa shape index (κ3) is 3.24. The average molecular weight is 383 g/mol. The summed E-state index contributed by atoms with van der Waals surface area (Å²) in [6.07, 6.45) is 0. The minimum atomic E-state index is -0.980. The molecule has 0 saturated carbocycles. The van der Waals surface area contributed by atoms with Crippen LogP contribution in [0, 0.1) is 23.8 Å². The molecule has 0 bridgehead atoms. The van der Waals surface area contributed by atoms with Crippen molar-refractivity contribution in [1.82, 2.24) is 9.97 Å². The first-order chi connectivity index (χ1) is 10.9. The molecule has 0 aliphatic heterocycles. The van der Waals surface area contributed by atoms with Gasteiger partial charge < -0.3 is 0 Å². The number of nitrogens with zero attached hydrogens (tertiary/aromatic N) is 2.